The van der Waals surface area contributed by atoms with Gasteiger partial charge in [-0.05, 0) is 68.8 Å². The molecule has 0 aliphatic carbocycles. The standard InChI is InChI=1S/C23H29ClN4O2/c1-15-7-9-18(24)13-19(15)26-23(30)22(29)25-14-21(27(2)3)17-8-10-20-16(12-17)6-5-11-28(20)4/h7-10,12-13,21H,5-6,11,14H2,1-4H3,(H,25,29)(H,26,30). The molecule has 1 heterocycles. The van der Waals surface area contributed by atoms with Crippen molar-refractivity contribution in [3.63, 3.8) is 0 Å². The van der Waals surface area contributed by atoms with E-state index in [0.717, 1.165) is 30.5 Å². The fourth-order valence-electron chi connectivity index (χ4n) is 3.79. The molecule has 0 fully saturated rings. The molecule has 7 heteroatoms. The highest BCUT2D eigenvalue weighted by molar-refractivity contribution is 6.40. The molecule has 1 atom stereocenters. The second-order valence-electron chi connectivity index (χ2n) is 8.02. The van der Waals surface area contributed by atoms with Gasteiger partial charge in [-0.1, -0.05) is 29.8 Å². The molecule has 2 aromatic rings. The number of hydrogen-bond acceptors (Lipinski definition) is 4. The molecular weight excluding hydrogens is 400 g/mol. The number of halogens is 1. The smallest absolute Gasteiger partial charge is 0.313 e. The molecule has 2 aromatic carbocycles. The summed E-state index contributed by atoms with van der Waals surface area (Å²) in [5.74, 6) is -1.37. The number of likely N-dealkylation sites (N-methyl/N-ethyl adjacent to an activating group) is 1. The Kier molecular flexibility index (Phi) is 7.00. The van der Waals surface area contributed by atoms with Crippen LogP contribution in [0, 0.1) is 6.92 Å². The molecule has 30 heavy (non-hydrogen) atoms. The van der Waals surface area contributed by atoms with E-state index in [0.29, 0.717) is 17.3 Å². The Morgan fingerprint density at radius 3 is 2.67 bits per heavy atom. The van der Waals surface area contributed by atoms with Crippen molar-refractivity contribution in [3.8, 4) is 0 Å². The number of amides is 2. The molecule has 1 unspecified atom stereocenters. The number of carbonyl (C=O) groups excluding carboxylic acids is 2. The number of carbonyl (C=O) groups is 2. The van der Waals surface area contributed by atoms with Crippen molar-refractivity contribution in [2.24, 2.45) is 0 Å². The number of nitrogens with zero attached hydrogens (tertiary/aromatic N) is 2. The Morgan fingerprint density at radius 1 is 1.17 bits per heavy atom. The maximum absolute atomic E-state index is 12.4. The number of hydrogen-bond donors (Lipinski definition) is 2. The first kappa shape index (κ1) is 22.1. The monoisotopic (exact) mass is 428 g/mol. The van der Waals surface area contributed by atoms with E-state index >= 15 is 0 Å². The van der Waals surface area contributed by atoms with Gasteiger partial charge in [0.05, 0.1) is 6.04 Å². The van der Waals surface area contributed by atoms with Crippen LogP contribution in [0.15, 0.2) is 36.4 Å². The number of rotatable bonds is 5. The van der Waals surface area contributed by atoms with Crippen molar-refractivity contribution in [2.75, 3.05) is 44.4 Å². The van der Waals surface area contributed by atoms with Crippen LogP contribution in [0.2, 0.25) is 5.02 Å². The minimum absolute atomic E-state index is 0.0350. The highest BCUT2D eigenvalue weighted by Crippen LogP contribution is 2.30. The van der Waals surface area contributed by atoms with Crippen molar-refractivity contribution in [3.05, 3.63) is 58.1 Å². The van der Waals surface area contributed by atoms with Crippen LogP contribution in [0.25, 0.3) is 0 Å². The second kappa shape index (κ2) is 9.49. The molecule has 0 aromatic heterocycles. The Morgan fingerprint density at radius 2 is 1.93 bits per heavy atom. The number of benzene rings is 2. The zero-order valence-corrected chi connectivity index (χ0v) is 18.7. The molecule has 0 saturated carbocycles. The largest absolute Gasteiger partial charge is 0.374 e. The first-order valence-corrected chi connectivity index (χ1v) is 10.5. The van der Waals surface area contributed by atoms with Crippen LogP contribution in [-0.2, 0) is 16.0 Å². The predicted octanol–water partition coefficient (Wildman–Crippen LogP) is 3.39. The average Bonchev–Trinajstić information content (AvgIpc) is 2.70. The average molecular weight is 429 g/mol. The van der Waals surface area contributed by atoms with Crippen molar-refractivity contribution in [1.29, 1.82) is 0 Å². The van der Waals surface area contributed by atoms with Gasteiger partial charge in [-0.25, -0.2) is 0 Å². The Labute approximate surface area is 183 Å². The Bertz CT molecular complexity index is 945. The number of nitrogens with one attached hydrogen (secondary N) is 2. The normalized spacial score (nSPS) is 14.3. The van der Waals surface area contributed by atoms with Gasteiger partial charge in [0.25, 0.3) is 0 Å². The molecule has 0 radical (unpaired) electrons. The zero-order chi connectivity index (χ0) is 21.8. The molecule has 2 N–H and O–H groups in total. The van der Waals surface area contributed by atoms with E-state index in [9.17, 15) is 9.59 Å². The summed E-state index contributed by atoms with van der Waals surface area (Å²) < 4.78 is 0. The third-order valence-electron chi connectivity index (χ3n) is 5.57. The second-order valence-corrected chi connectivity index (χ2v) is 8.45. The lowest BCUT2D eigenvalue weighted by molar-refractivity contribution is -0.136. The molecule has 160 valence electrons. The fourth-order valence-corrected chi connectivity index (χ4v) is 3.96. The lowest BCUT2D eigenvalue weighted by Gasteiger charge is -2.30. The van der Waals surface area contributed by atoms with E-state index in [1.807, 2.05) is 25.9 Å². The van der Waals surface area contributed by atoms with E-state index in [1.54, 1.807) is 18.2 Å². The first-order valence-electron chi connectivity index (χ1n) is 10.1. The van der Waals surface area contributed by atoms with E-state index in [-0.39, 0.29) is 6.04 Å². The van der Waals surface area contributed by atoms with Gasteiger partial charge in [0.2, 0.25) is 0 Å². The van der Waals surface area contributed by atoms with E-state index < -0.39 is 11.8 Å². The maximum Gasteiger partial charge on any atom is 0.313 e. The van der Waals surface area contributed by atoms with Crippen molar-refractivity contribution in [2.45, 2.75) is 25.8 Å². The molecule has 3 rings (SSSR count). The Hall–Kier alpha value is -2.57. The van der Waals surface area contributed by atoms with Gasteiger partial charge < -0.3 is 20.4 Å². The molecule has 1 aliphatic rings. The molecule has 2 amide bonds. The Balaban J connectivity index is 1.66. The summed E-state index contributed by atoms with van der Waals surface area (Å²) in [6.07, 6.45) is 2.20. The van der Waals surface area contributed by atoms with Gasteiger partial charge in [0, 0.05) is 36.5 Å². The molecule has 1 aliphatic heterocycles. The van der Waals surface area contributed by atoms with E-state index in [1.165, 1.54) is 11.3 Å². The lowest BCUT2D eigenvalue weighted by Crippen LogP contribution is -2.40. The highest BCUT2D eigenvalue weighted by atomic mass is 35.5. The summed E-state index contributed by atoms with van der Waals surface area (Å²) in [5.41, 5.74) is 5.09. The molecular formula is C23H29ClN4O2. The van der Waals surface area contributed by atoms with Crippen LogP contribution in [-0.4, -0.2) is 50.9 Å². The van der Waals surface area contributed by atoms with Gasteiger partial charge in [0.15, 0.2) is 0 Å². The molecule has 6 nitrogen and oxygen atoms in total. The van der Waals surface area contributed by atoms with Crippen molar-refractivity contribution in [1.82, 2.24) is 10.2 Å². The number of fused-ring (bicyclic) bond motifs is 1. The topological polar surface area (TPSA) is 64.7 Å². The number of aryl methyl sites for hydroxylation is 2. The predicted molar refractivity (Wildman–Crippen MR) is 122 cm³/mol. The summed E-state index contributed by atoms with van der Waals surface area (Å²) in [6.45, 7) is 3.25. The minimum Gasteiger partial charge on any atom is -0.374 e. The quantitative estimate of drug-likeness (QED) is 0.716. The third-order valence-corrected chi connectivity index (χ3v) is 5.81. The van der Waals surface area contributed by atoms with Crippen LogP contribution < -0.4 is 15.5 Å². The van der Waals surface area contributed by atoms with Crippen LogP contribution in [0.1, 0.15) is 29.2 Å². The molecule has 0 spiro atoms. The summed E-state index contributed by atoms with van der Waals surface area (Å²) in [7, 11) is 6.05. The summed E-state index contributed by atoms with van der Waals surface area (Å²) in [6, 6.07) is 11.6. The highest BCUT2D eigenvalue weighted by Gasteiger charge is 2.21. The van der Waals surface area contributed by atoms with Gasteiger partial charge in [-0.2, -0.15) is 0 Å². The van der Waals surface area contributed by atoms with Crippen LogP contribution in [0.3, 0.4) is 0 Å². The zero-order valence-electron chi connectivity index (χ0n) is 18.0. The molecule has 0 bridgehead atoms. The first-order chi connectivity index (χ1) is 14.3. The molecule has 0 saturated heterocycles. The van der Waals surface area contributed by atoms with Crippen LogP contribution in [0.4, 0.5) is 11.4 Å². The summed E-state index contributed by atoms with van der Waals surface area (Å²) in [4.78, 5) is 29.1. The minimum atomic E-state index is -0.704. The van der Waals surface area contributed by atoms with E-state index in [4.69, 9.17) is 11.6 Å². The van der Waals surface area contributed by atoms with Crippen LogP contribution in [0.5, 0.6) is 0 Å². The van der Waals surface area contributed by atoms with E-state index in [2.05, 4.69) is 40.8 Å². The van der Waals surface area contributed by atoms with Gasteiger partial charge in [-0.15, -0.1) is 0 Å². The van der Waals surface area contributed by atoms with Crippen molar-refractivity contribution >= 4 is 34.8 Å². The maximum atomic E-state index is 12.4. The SMILES string of the molecule is Cc1ccc(Cl)cc1NC(=O)C(=O)NCC(c1ccc2c(c1)CCCN2C)N(C)C. The van der Waals surface area contributed by atoms with Gasteiger partial charge >= 0.3 is 11.8 Å². The van der Waals surface area contributed by atoms with Gasteiger partial charge in [-0.3, -0.25) is 9.59 Å². The summed E-state index contributed by atoms with van der Waals surface area (Å²) >= 11 is 5.98. The van der Waals surface area contributed by atoms with Crippen LogP contribution >= 0.6 is 11.6 Å². The number of anilines is 2. The van der Waals surface area contributed by atoms with Gasteiger partial charge in [0.1, 0.15) is 0 Å². The lowest BCUT2D eigenvalue weighted by atomic mass is 9.96. The fraction of sp³-hybridized carbons (Fsp3) is 0.391. The summed E-state index contributed by atoms with van der Waals surface area (Å²) in [5, 5.41) is 5.91. The third kappa shape index (κ3) is 5.12. The van der Waals surface area contributed by atoms with Crippen molar-refractivity contribution < 1.29 is 9.59 Å².